The van der Waals surface area contributed by atoms with Gasteiger partial charge in [-0.25, -0.2) is 8.42 Å². The van der Waals surface area contributed by atoms with Gasteiger partial charge in [0.05, 0.1) is 28.6 Å². The number of nitrogens with zero attached hydrogens (tertiary/aromatic N) is 1. The molecule has 1 aliphatic heterocycles. The Bertz CT molecular complexity index is 1010. The molecule has 2 aromatic carbocycles. The number of carbonyl (C=O) groups is 1. The predicted molar refractivity (Wildman–Crippen MR) is 108 cm³/mol. The van der Waals surface area contributed by atoms with Crippen molar-refractivity contribution in [2.75, 3.05) is 30.8 Å². The standard InChI is InChI=1S/C19H21ClN2O5S/c1-12(13-4-7-17-18(10-13)27-9-8-26-17)21-19(23)15-11-14(5-6-16(15)20)22(2)28(3,24)25/h4-7,10-12H,8-9H2,1-3H3,(H,21,23)/t12-/m1/s1. The van der Waals surface area contributed by atoms with Gasteiger partial charge in [-0.1, -0.05) is 17.7 Å². The number of rotatable bonds is 5. The summed E-state index contributed by atoms with van der Waals surface area (Å²) in [5.41, 5.74) is 1.39. The zero-order chi connectivity index (χ0) is 20.5. The quantitative estimate of drug-likeness (QED) is 0.797. The van der Waals surface area contributed by atoms with E-state index in [4.69, 9.17) is 21.1 Å². The number of halogens is 1. The molecular weight excluding hydrogens is 404 g/mol. The molecule has 1 amide bonds. The van der Waals surface area contributed by atoms with E-state index in [2.05, 4.69) is 5.32 Å². The van der Waals surface area contributed by atoms with Crippen LogP contribution in [0.1, 0.15) is 28.9 Å². The van der Waals surface area contributed by atoms with Crippen LogP contribution in [0, 0.1) is 0 Å². The van der Waals surface area contributed by atoms with Crippen molar-refractivity contribution in [3.05, 3.63) is 52.5 Å². The first-order valence-electron chi connectivity index (χ1n) is 8.60. The Labute approximate surface area is 169 Å². The minimum atomic E-state index is -3.45. The van der Waals surface area contributed by atoms with Gasteiger partial charge in [-0.3, -0.25) is 9.10 Å². The van der Waals surface area contributed by atoms with E-state index in [9.17, 15) is 13.2 Å². The number of carbonyl (C=O) groups excluding carboxylic acids is 1. The van der Waals surface area contributed by atoms with Crippen molar-refractivity contribution in [1.82, 2.24) is 5.32 Å². The molecule has 0 bridgehead atoms. The molecule has 9 heteroatoms. The molecule has 0 radical (unpaired) electrons. The van der Waals surface area contributed by atoms with Crippen LogP contribution in [0.4, 0.5) is 5.69 Å². The fraction of sp³-hybridized carbons (Fsp3) is 0.316. The second-order valence-electron chi connectivity index (χ2n) is 6.49. The van der Waals surface area contributed by atoms with Crippen LogP contribution in [0.2, 0.25) is 5.02 Å². The van der Waals surface area contributed by atoms with Crippen molar-refractivity contribution < 1.29 is 22.7 Å². The summed E-state index contributed by atoms with van der Waals surface area (Å²) in [6, 6.07) is 9.67. The maximum absolute atomic E-state index is 12.7. The first-order valence-corrected chi connectivity index (χ1v) is 10.8. The largest absolute Gasteiger partial charge is 0.486 e. The minimum absolute atomic E-state index is 0.194. The van der Waals surface area contributed by atoms with E-state index in [-0.39, 0.29) is 16.6 Å². The number of amides is 1. The number of sulfonamides is 1. The molecule has 2 aromatic rings. The van der Waals surface area contributed by atoms with Gasteiger partial charge in [0.2, 0.25) is 10.0 Å². The van der Waals surface area contributed by atoms with Gasteiger partial charge < -0.3 is 14.8 Å². The highest BCUT2D eigenvalue weighted by Gasteiger charge is 2.20. The molecule has 28 heavy (non-hydrogen) atoms. The van der Waals surface area contributed by atoms with Gasteiger partial charge >= 0.3 is 0 Å². The number of benzene rings is 2. The van der Waals surface area contributed by atoms with E-state index in [1.165, 1.54) is 19.2 Å². The van der Waals surface area contributed by atoms with E-state index >= 15 is 0 Å². The van der Waals surface area contributed by atoms with E-state index in [0.717, 1.165) is 16.1 Å². The van der Waals surface area contributed by atoms with Gasteiger partial charge in [-0.15, -0.1) is 0 Å². The Hall–Kier alpha value is -2.45. The van der Waals surface area contributed by atoms with Crippen molar-refractivity contribution in [3.63, 3.8) is 0 Å². The SMILES string of the molecule is C[C@@H](NC(=O)c1cc(N(C)S(C)(=O)=O)ccc1Cl)c1ccc2c(c1)OCCO2. The highest BCUT2D eigenvalue weighted by atomic mass is 35.5. The number of ether oxygens (including phenoxy) is 2. The van der Waals surface area contributed by atoms with E-state index in [0.29, 0.717) is 30.4 Å². The molecule has 0 fully saturated rings. The van der Waals surface area contributed by atoms with Crippen LogP contribution in [-0.4, -0.2) is 40.8 Å². The summed E-state index contributed by atoms with van der Waals surface area (Å²) >= 11 is 6.17. The lowest BCUT2D eigenvalue weighted by Crippen LogP contribution is -2.28. The van der Waals surface area contributed by atoms with Crippen molar-refractivity contribution in [2.45, 2.75) is 13.0 Å². The van der Waals surface area contributed by atoms with Gasteiger partial charge in [0, 0.05) is 7.05 Å². The van der Waals surface area contributed by atoms with Crippen LogP contribution < -0.4 is 19.1 Å². The molecule has 3 rings (SSSR count). The summed E-state index contributed by atoms with van der Waals surface area (Å²) in [6.07, 6.45) is 1.09. The third kappa shape index (κ3) is 4.34. The number of fused-ring (bicyclic) bond motifs is 1. The Balaban J connectivity index is 1.81. The lowest BCUT2D eigenvalue weighted by molar-refractivity contribution is 0.0940. The van der Waals surface area contributed by atoms with Crippen LogP contribution in [0.15, 0.2) is 36.4 Å². The molecular formula is C19H21ClN2O5S. The fourth-order valence-corrected chi connectivity index (χ4v) is 3.46. The van der Waals surface area contributed by atoms with E-state index in [1.807, 2.05) is 19.1 Å². The van der Waals surface area contributed by atoms with Gasteiger partial charge in [-0.05, 0) is 42.8 Å². The zero-order valence-corrected chi connectivity index (χ0v) is 17.3. The van der Waals surface area contributed by atoms with Crippen molar-refractivity contribution in [1.29, 1.82) is 0 Å². The summed E-state index contributed by atoms with van der Waals surface area (Å²) in [6.45, 7) is 2.83. The predicted octanol–water partition coefficient (Wildman–Crippen LogP) is 3.00. The normalized spacial score (nSPS) is 14.3. The zero-order valence-electron chi connectivity index (χ0n) is 15.7. The Morgan fingerprint density at radius 3 is 2.50 bits per heavy atom. The van der Waals surface area contributed by atoms with Crippen molar-refractivity contribution in [3.8, 4) is 11.5 Å². The summed E-state index contributed by atoms with van der Waals surface area (Å²) in [5, 5.41) is 3.11. The van der Waals surface area contributed by atoms with Crippen molar-refractivity contribution in [2.24, 2.45) is 0 Å². The number of hydrogen-bond donors (Lipinski definition) is 1. The molecule has 0 spiro atoms. The number of nitrogens with one attached hydrogen (secondary N) is 1. The molecule has 1 atom stereocenters. The van der Waals surface area contributed by atoms with Crippen molar-refractivity contribution >= 4 is 33.2 Å². The monoisotopic (exact) mass is 424 g/mol. The smallest absolute Gasteiger partial charge is 0.253 e. The Kier molecular flexibility index (Phi) is 5.71. The topological polar surface area (TPSA) is 84.9 Å². The molecule has 0 saturated carbocycles. The van der Waals surface area contributed by atoms with Gasteiger partial charge in [-0.2, -0.15) is 0 Å². The van der Waals surface area contributed by atoms with E-state index in [1.54, 1.807) is 12.1 Å². The highest BCUT2D eigenvalue weighted by molar-refractivity contribution is 7.92. The van der Waals surface area contributed by atoms with Crippen LogP contribution >= 0.6 is 11.6 Å². The number of hydrogen-bond acceptors (Lipinski definition) is 5. The first kappa shape index (κ1) is 20.3. The molecule has 0 unspecified atom stereocenters. The summed E-state index contributed by atoms with van der Waals surface area (Å²) in [5.74, 6) is 0.906. The molecule has 0 aromatic heterocycles. The summed E-state index contributed by atoms with van der Waals surface area (Å²) < 4.78 is 35.7. The van der Waals surface area contributed by atoms with Gasteiger partial charge in [0.15, 0.2) is 11.5 Å². The van der Waals surface area contributed by atoms with E-state index < -0.39 is 15.9 Å². The second-order valence-corrected chi connectivity index (χ2v) is 8.91. The van der Waals surface area contributed by atoms with Gasteiger partial charge in [0.25, 0.3) is 5.91 Å². The first-order chi connectivity index (χ1) is 13.2. The van der Waals surface area contributed by atoms with Gasteiger partial charge in [0.1, 0.15) is 13.2 Å². The highest BCUT2D eigenvalue weighted by Crippen LogP contribution is 2.33. The van der Waals surface area contributed by atoms with Crippen LogP contribution in [-0.2, 0) is 10.0 Å². The maximum atomic E-state index is 12.7. The molecule has 150 valence electrons. The number of anilines is 1. The molecule has 0 saturated heterocycles. The minimum Gasteiger partial charge on any atom is -0.486 e. The molecule has 1 N–H and O–H groups in total. The third-order valence-corrected chi connectivity index (χ3v) is 6.00. The molecule has 7 nitrogen and oxygen atoms in total. The average Bonchev–Trinajstić information content (AvgIpc) is 2.66. The van der Waals surface area contributed by atoms with Crippen LogP contribution in [0.5, 0.6) is 11.5 Å². The average molecular weight is 425 g/mol. The van der Waals surface area contributed by atoms with Crippen LogP contribution in [0.25, 0.3) is 0 Å². The third-order valence-electron chi connectivity index (χ3n) is 4.47. The maximum Gasteiger partial charge on any atom is 0.253 e. The Morgan fingerprint density at radius 2 is 1.82 bits per heavy atom. The Morgan fingerprint density at radius 1 is 1.14 bits per heavy atom. The van der Waals surface area contributed by atoms with Crippen LogP contribution in [0.3, 0.4) is 0 Å². The fourth-order valence-electron chi connectivity index (χ4n) is 2.76. The summed E-state index contributed by atoms with van der Waals surface area (Å²) in [4.78, 5) is 12.7. The lowest BCUT2D eigenvalue weighted by Gasteiger charge is -2.21. The lowest BCUT2D eigenvalue weighted by atomic mass is 10.1. The molecule has 1 aliphatic rings. The second kappa shape index (κ2) is 7.89. The molecule has 1 heterocycles. The summed E-state index contributed by atoms with van der Waals surface area (Å²) in [7, 11) is -2.04. The molecule has 0 aliphatic carbocycles.